The van der Waals surface area contributed by atoms with Crippen molar-refractivity contribution in [3.05, 3.63) is 106 Å². The first-order valence-electron chi connectivity index (χ1n) is 10.9. The van der Waals surface area contributed by atoms with Crippen LogP contribution in [0.25, 0.3) is 0 Å². The van der Waals surface area contributed by atoms with Gasteiger partial charge in [0.05, 0.1) is 12.6 Å². The van der Waals surface area contributed by atoms with Crippen LogP contribution < -0.4 is 15.4 Å². The van der Waals surface area contributed by atoms with Gasteiger partial charge in [0.15, 0.2) is 0 Å². The molecule has 1 atom stereocenters. The molecule has 4 aromatic rings. The van der Waals surface area contributed by atoms with E-state index in [-0.39, 0.29) is 11.9 Å². The molecule has 0 aliphatic heterocycles. The van der Waals surface area contributed by atoms with Gasteiger partial charge in [0.2, 0.25) is 0 Å². The first-order chi connectivity index (χ1) is 16.1. The van der Waals surface area contributed by atoms with Crippen molar-refractivity contribution in [2.45, 2.75) is 26.8 Å². The number of hydrogen-bond acceptors (Lipinski definition) is 5. The molecule has 33 heavy (non-hydrogen) atoms. The molecule has 0 saturated carbocycles. The van der Waals surface area contributed by atoms with Gasteiger partial charge in [-0.3, -0.25) is 9.78 Å². The maximum absolute atomic E-state index is 13.0. The van der Waals surface area contributed by atoms with Gasteiger partial charge in [0.1, 0.15) is 10.8 Å². The lowest BCUT2D eigenvalue weighted by atomic mass is 9.96. The highest BCUT2D eigenvalue weighted by atomic mass is 32.1. The Balaban J connectivity index is 1.72. The van der Waals surface area contributed by atoms with Gasteiger partial charge in [-0.25, -0.2) is 0 Å². The second-order valence-electron chi connectivity index (χ2n) is 7.66. The number of nitrogens with zero attached hydrogens (tertiary/aromatic N) is 1. The van der Waals surface area contributed by atoms with Crippen molar-refractivity contribution in [2.75, 3.05) is 17.2 Å². The standard InChI is InChI=1S/C27H27N3O2S/c1-4-32-23-12-10-22(11-13-23)29-25(20-14-16-28-17-15-20)24-18(2)19(3)33-27(24)30-26(31)21-8-6-5-7-9-21/h5-17,25,29H,4H2,1-3H3,(H,30,31)/t25-/m1/s1. The molecule has 2 heterocycles. The summed E-state index contributed by atoms with van der Waals surface area (Å²) in [4.78, 5) is 18.3. The Labute approximate surface area is 198 Å². The highest BCUT2D eigenvalue weighted by molar-refractivity contribution is 7.16. The predicted octanol–water partition coefficient (Wildman–Crippen LogP) is 6.61. The van der Waals surface area contributed by atoms with Crippen LogP contribution >= 0.6 is 11.3 Å². The minimum atomic E-state index is -0.165. The van der Waals surface area contributed by atoms with E-state index in [0.29, 0.717) is 12.2 Å². The van der Waals surface area contributed by atoms with Gasteiger partial charge < -0.3 is 15.4 Å². The third kappa shape index (κ3) is 5.23. The molecule has 0 unspecified atom stereocenters. The molecule has 0 aliphatic carbocycles. The monoisotopic (exact) mass is 457 g/mol. The van der Waals surface area contributed by atoms with E-state index in [9.17, 15) is 4.79 Å². The average molecular weight is 458 g/mol. The van der Waals surface area contributed by atoms with E-state index in [1.165, 1.54) is 4.88 Å². The first kappa shape index (κ1) is 22.6. The first-order valence-corrected chi connectivity index (χ1v) is 11.7. The van der Waals surface area contributed by atoms with Crippen LogP contribution in [0, 0.1) is 13.8 Å². The Hall–Kier alpha value is -3.64. The van der Waals surface area contributed by atoms with E-state index in [1.807, 2.05) is 73.7 Å². The zero-order chi connectivity index (χ0) is 23.2. The lowest BCUT2D eigenvalue weighted by molar-refractivity contribution is 0.102. The van der Waals surface area contributed by atoms with E-state index >= 15 is 0 Å². The summed E-state index contributed by atoms with van der Waals surface area (Å²) in [6.07, 6.45) is 3.58. The Kier molecular flexibility index (Phi) is 7.05. The molecule has 0 bridgehead atoms. The molecule has 168 valence electrons. The quantitative estimate of drug-likeness (QED) is 0.312. The fraction of sp³-hybridized carbons (Fsp3) is 0.185. The molecule has 1 amide bonds. The van der Waals surface area contributed by atoms with Gasteiger partial charge in [-0.15, -0.1) is 11.3 Å². The van der Waals surface area contributed by atoms with E-state index in [4.69, 9.17) is 4.74 Å². The van der Waals surface area contributed by atoms with E-state index in [0.717, 1.165) is 33.1 Å². The lowest BCUT2D eigenvalue weighted by Gasteiger charge is -2.23. The van der Waals surface area contributed by atoms with Crippen LogP contribution in [0.5, 0.6) is 5.75 Å². The Morgan fingerprint density at radius 3 is 2.36 bits per heavy atom. The van der Waals surface area contributed by atoms with Crippen LogP contribution in [0.1, 0.15) is 44.9 Å². The maximum Gasteiger partial charge on any atom is 0.256 e. The third-order valence-electron chi connectivity index (χ3n) is 5.50. The second kappa shape index (κ2) is 10.3. The summed E-state index contributed by atoms with van der Waals surface area (Å²) >= 11 is 1.60. The number of ether oxygens (including phenoxy) is 1. The molecule has 4 rings (SSSR count). The molecule has 2 N–H and O–H groups in total. The Bertz CT molecular complexity index is 1210. The lowest BCUT2D eigenvalue weighted by Crippen LogP contribution is -2.17. The summed E-state index contributed by atoms with van der Waals surface area (Å²) in [5, 5.41) is 7.66. The number of benzene rings is 2. The summed E-state index contributed by atoms with van der Waals surface area (Å²) in [5.74, 6) is 0.717. The Morgan fingerprint density at radius 2 is 1.70 bits per heavy atom. The molecule has 2 aromatic heterocycles. The topological polar surface area (TPSA) is 63.2 Å². The molecule has 5 nitrogen and oxygen atoms in total. The van der Waals surface area contributed by atoms with Crippen molar-refractivity contribution in [2.24, 2.45) is 0 Å². The van der Waals surface area contributed by atoms with E-state index in [1.54, 1.807) is 23.7 Å². The fourth-order valence-electron chi connectivity index (χ4n) is 3.71. The molecular formula is C27H27N3O2S. The van der Waals surface area contributed by atoms with Crippen molar-refractivity contribution < 1.29 is 9.53 Å². The number of pyridine rings is 1. The van der Waals surface area contributed by atoms with Gasteiger partial charge in [-0.05, 0) is 80.4 Å². The Morgan fingerprint density at radius 1 is 1.00 bits per heavy atom. The third-order valence-corrected chi connectivity index (χ3v) is 6.64. The van der Waals surface area contributed by atoms with Crippen molar-refractivity contribution >= 4 is 27.9 Å². The molecule has 0 fully saturated rings. The van der Waals surface area contributed by atoms with Gasteiger partial charge in [0.25, 0.3) is 5.91 Å². The molecule has 0 aliphatic rings. The summed E-state index contributed by atoms with van der Waals surface area (Å²) in [5.41, 5.74) is 4.87. The molecule has 0 spiro atoms. The second-order valence-corrected chi connectivity index (χ2v) is 8.89. The van der Waals surface area contributed by atoms with Gasteiger partial charge in [-0.2, -0.15) is 0 Å². The number of aryl methyl sites for hydroxylation is 1. The minimum Gasteiger partial charge on any atom is -0.494 e. The normalized spacial score (nSPS) is 11.6. The van der Waals surface area contributed by atoms with Gasteiger partial charge in [-0.1, -0.05) is 18.2 Å². The molecule has 0 saturated heterocycles. The zero-order valence-electron chi connectivity index (χ0n) is 19.0. The number of aromatic nitrogens is 1. The molecule has 6 heteroatoms. The van der Waals surface area contributed by atoms with E-state index in [2.05, 4.69) is 29.5 Å². The maximum atomic E-state index is 13.0. The van der Waals surface area contributed by atoms with Crippen LogP contribution in [0.15, 0.2) is 79.1 Å². The number of amides is 1. The summed E-state index contributed by atoms with van der Waals surface area (Å²) < 4.78 is 5.58. The fourth-order valence-corrected chi connectivity index (χ4v) is 4.80. The van der Waals surface area contributed by atoms with Crippen molar-refractivity contribution in [3.8, 4) is 5.75 Å². The molecule has 0 radical (unpaired) electrons. The highest BCUT2D eigenvalue weighted by Gasteiger charge is 2.25. The highest BCUT2D eigenvalue weighted by Crippen LogP contribution is 2.41. The number of carbonyl (C=O) groups is 1. The van der Waals surface area contributed by atoms with Crippen molar-refractivity contribution in [1.82, 2.24) is 4.98 Å². The van der Waals surface area contributed by atoms with E-state index < -0.39 is 0 Å². The summed E-state index contributed by atoms with van der Waals surface area (Å²) in [7, 11) is 0. The summed E-state index contributed by atoms with van der Waals surface area (Å²) in [6.45, 7) is 6.79. The largest absolute Gasteiger partial charge is 0.494 e. The smallest absolute Gasteiger partial charge is 0.256 e. The average Bonchev–Trinajstić information content (AvgIpc) is 3.12. The van der Waals surface area contributed by atoms with Crippen LogP contribution in [-0.2, 0) is 0 Å². The molecule has 2 aromatic carbocycles. The minimum absolute atomic E-state index is 0.118. The number of nitrogens with one attached hydrogen (secondary N) is 2. The number of anilines is 2. The summed E-state index contributed by atoms with van der Waals surface area (Å²) in [6, 6.07) is 21.1. The number of rotatable bonds is 8. The van der Waals surface area contributed by atoms with Crippen LogP contribution in [0.3, 0.4) is 0 Å². The van der Waals surface area contributed by atoms with Crippen LogP contribution in [-0.4, -0.2) is 17.5 Å². The zero-order valence-corrected chi connectivity index (χ0v) is 19.8. The van der Waals surface area contributed by atoms with Crippen molar-refractivity contribution in [3.63, 3.8) is 0 Å². The number of hydrogen-bond donors (Lipinski definition) is 2. The molecular weight excluding hydrogens is 430 g/mol. The van der Waals surface area contributed by atoms with Gasteiger partial charge in [0, 0.05) is 34.1 Å². The number of thiophene rings is 1. The SMILES string of the molecule is CCOc1ccc(N[C@H](c2ccncc2)c2c(NC(=O)c3ccccc3)sc(C)c2C)cc1. The number of carbonyl (C=O) groups excluding carboxylic acids is 1. The van der Waals surface area contributed by atoms with Crippen molar-refractivity contribution in [1.29, 1.82) is 0 Å². The predicted molar refractivity (Wildman–Crippen MR) is 136 cm³/mol. The van der Waals surface area contributed by atoms with Crippen LogP contribution in [0.4, 0.5) is 10.7 Å². The van der Waals surface area contributed by atoms with Gasteiger partial charge >= 0.3 is 0 Å². The van der Waals surface area contributed by atoms with Crippen LogP contribution in [0.2, 0.25) is 0 Å².